The highest BCUT2D eigenvalue weighted by atomic mass is 16.3. The Balaban J connectivity index is 1.36. The predicted octanol–water partition coefficient (Wildman–Crippen LogP) is 4.42. The van der Waals surface area contributed by atoms with Crippen LogP contribution in [-0.2, 0) is 30.5 Å². The maximum atomic E-state index is 12.7. The maximum absolute atomic E-state index is 12.7. The van der Waals surface area contributed by atoms with Crippen LogP contribution in [0.15, 0.2) is 57.9 Å². The van der Waals surface area contributed by atoms with E-state index in [1.54, 1.807) is 6.26 Å². The number of hydrogen-bond acceptors (Lipinski definition) is 4. The van der Waals surface area contributed by atoms with Crippen molar-refractivity contribution in [1.29, 1.82) is 0 Å². The summed E-state index contributed by atoms with van der Waals surface area (Å²) in [7, 11) is 0. The average Bonchev–Trinajstić information content (AvgIpc) is 3.38. The van der Waals surface area contributed by atoms with Gasteiger partial charge in [0.25, 0.3) is 5.56 Å². The first kappa shape index (κ1) is 19.3. The van der Waals surface area contributed by atoms with Gasteiger partial charge < -0.3 is 14.7 Å². The zero-order valence-electron chi connectivity index (χ0n) is 17.3. The molecule has 0 aliphatic heterocycles. The number of carbonyl (C=O) groups excluding carboxylic acids is 1. The number of amides is 1. The lowest BCUT2D eigenvalue weighted by Crippen LogP contribution is -2.14. The second kappa shape index (κ2) is 7.87. The first-order valence-electron chi connectivity index (χ1n) is 10.6. The Labute approximate surface area is 179 Å². The van der Waals surface area contributed by atoms with Crippen molar-refractivity contribution in [2.45, 2.75) is 39.0 Å². The number of nitrogens with zero attached hydrogens (tertiary/aromatic N) is 1. The minimum Gasteiger partial charge on any atom is -0.464 e. The molecule has 0 spiro atoms. The molecule has 0 radical (unpaired) electrons. The number of furan rings is 1. The van der Waals surface area contributed by atoms with Crippen molar-refractivity contribution >= 4 is 22.6 Å². The summed E-state index contributed by atoms with van der Waals surface area (Å²) < 4.78 is 5.71. The van der Waals surface area contributed by atoms with E-state index in [4.69, 9.17) is 4.42 Å². The zero-order chi connectivity index (χ0) is 21.4. The quantitative estimate of drug-likeness (QED) is 0.507. The topological polar surface area (TPSA) is 88.0 Å². The van der Waals surface area contributed by atoms with E-state index in [1.165, 1.54) is 23.6 Å². The molecule has 0 saturated carbocycles. The van der Waals surface area contributed by atoms with Gasteiger partial charge in [0.05, 0.1) is 12.7 Å². The number of rotatable bonds is 5. The number of aromatic amines is 1. The number of anilines is 1. The molecule has 2 N–H and O–H groups in total. The number of H-pyrrole nitrogens is 1. The highest BCUT2D eigenvalue weighted by Gasteiger charge is 2.17. The van der Waals surface area contributed by atoms with E-state index >= 15 is 0 Å². The zero-order valence-corrected chi connectivity index (χ0v) is 17.3. The molecular weight excluding hydrogens is 390 g/mol. The van der Waals surface area contributed by atoms with E-state index in [1.807, 2.05) is 31.2 Å². The fourth-order valence-electron chi connectivity index (χ4n) is 4.23. The van der Waals surface area contributed by atoms with Gasteiger partial charge in [0.15, 0.2) is 0 Å². The largest absolute Gasteiger partial charge is 0.464 e. The summed E-state index contributed by atoms with van der Waals surface area (Å²) in [5.74, 6) is 0.374. The molecule has 0 unspecified atom stereocenters. The molecule has 0 saturated heterocycles. The van der Waals surface area contributed by atoms with Gasteiger partial charge in [-0.2, -0.15) is 0 Å². The molecule has 2 aromatic heterocycles. The molecule has 6 heteroatoms. The van der Waals surface area contributed by atoms with Gasteiger partial charge in [-0.15, -0.1) is 0 Å². The molecule has 6 nitrogen and oxygen atoms in total. The summed E-state index contributed by atoms with van der Waals surface area (Å²) in [4.78, 5) is 31.9. The van der Waals surface area contributed by atoms with E-state index in [0.717, 1.165) is 40.6 Å². The van der Waals surface area contributed by atoms with Gasteiger partial charge in [0.2, 0.25) is 5.91 Å². The third-order valence-corrected chi connectivity index (χ3v) is 5.80. The van der Waals surface area contributed by atoms with Gasteiger partial charge in [-0.05, 0) is 61.1 Å². The van der Waals surface area contributed by atoms with Gasteiger partial charge in [0, 0.05) is 34.0 Å². The summed E-state index contributed by atoms with van der Waals surface area (Å²) in [6.07, 6.45) is 5.95. The van der Waals surface area contributed by atoms with E-state index in [2.05, 4.69) is 27.4 Å². The van der Waals surface area contributed by atoms with Gasteiger partial charge >= 0.3 is 0 Å². The summed E-state index contributed by atoms with van der Waals surface area (Å²) in [6.45, 7) is 1.95. The fraction of sp³-hybridized carbons (Fsp3) is 0.240. The third kappa shape index (κ3) is 3.89. The van der Waals surface area contributed by atoms with Gasteiger partial charge in [-0.1, -0.05) is 19.1 Å². The number of benzene rings is 2. The molecule has 156 valence electrons. The van der Waals surface area contributed by atoms with Crippen LogP contribution in [-0.4, -0.2) is 15.9 Å². The predicted molar refractivity (Wildman–Crippen MR) is 120 cm³/mol. The molecule has 1 amide bonds. The molecule has 0 atom stereocenters. The molecule has 0 fully saturated rings. The minimum atomic E-state index is -0.186. The highest BCUT2D eigenvalue weighted by Crippen LogP contribution is 2.30. The molecular formula is C25H23N3O3. The highest BCUT2D eigenvalue weighted by molar-refractivity contribution is 5.96. The van der Waals surface area contributed by atoms with Crippen molar-refractivity contribution in [2.24, 2.45) is 0 Å². The average molecular weight is 413 g/mol. The lowest BCUT2D eigenvalue weighted by Gasteiger charge is -2.08. The van der Waals surface area contributed by atoms with E-state index in [-0.39, 0.29) is 17.9 Å². The second-order valence-electron chi connectivity index (χ2n) is 7.98. The molecule has 1 aliphatic rings. The van der Waals surface area contributed by atoms with Crippen LogP contribution in [0.2, 0.25) is 0 Å². The van der Waals surface area contributed by atoms with Crippen molar-refractivity contribution in [3.05, 3.63) is 81.5 Å². The first-order chi connectivity index (χ1) is 15.1. The van der Waals surface area contributed by atoms with Crippen LogP contribution in [0.3, 0.4) is 0 Å². The molecule has 2 aromatic carbocycles. The van der Waals surface area contributed by atoms with Crippen LogP contribution in [0.1, 0.15) is 35.7 Å². The normalized spacial score (nSPS) is 12.8. The number of fused-ring (bicyclic) bond motifs is 2. The van der Waals surface area contributed by atoms with Crippen LogP contribution in [0.4, 0.5) is 5.69 Å². The summed E-state index contributed by atoms with van der Waals surface area (Å²) in [6, 6.07) is 13.1. The summed E-state index contributed by atoms with van der Waals surface area (Å²) in [5.41, 5.74) is 6.39. The van der Waals surface area contributed by atoms with Crippen molar-refractivity contribution in [1.82, 2.24) is 9.97 Å². The van der Waals surface area contributed by atoms with Crippen LogP contribution >= 0.6 is 0 Å². The number of aromatic nitrogens is 2. The van der Waals surface area contributed by atoms with Gasteiger partial charge in [-0.25, -0.2) is 4.98 Å². The van der Waals surface area contributed by atoms with Crippen LogP contribution in [0.5, 0.6) is 0 Å². The lowest BCUT2D eigenvalue weighted by atomic mass is 10.0. The standard InChI is InChI=1S/C25H23N3O3/c1-2-19-13-24(30)28-25(27-19)17-7-4-8-20(9-17)26-23(29)12-18-14-31-22-11-16-6-3-5-15(16)10-21(18)22/h4,7-11,13-14H,2-3,5-6,12H2,1H3,(H,26,29)(H,27,28,30). The molecule has 5 rings (SSSR count). The SMILES string of the molecule is CCc1cc(=O)[nH]c(-c2cccc(NC(=O)Cc3coc4cc5c(cc34)CCC5)c2)n1. The van der Waals surface area contributed by atoms with E-state index < -0.39 is 0 Å². The molecule has 2 heterocycles. The van der Waals surface area contributed by atoms with Crippen molar-refractivity contribution in [3.63, 3.8) is 0 Å². The number of hydrogen-bond donors (Lipinski definition) is 2. The van der Waals surface area contributed by atoms with Crippen LogP contribution in [0.25, 0.3) is 22.4 Å². The second-order valence-corrected chi connectivity index (χ2v) is 7.98. The Morgan fingerprint density at radius 1 is 1.16 bits per heavy atom. The number of carbonyl (C=O) groups is 1. The smallest absolute Gasteiger partial charge is 0.251 e. The maximum Gasteiger partial charge on any atom is 0.251 e. The first-order valence-corrected chi connectivity index (χ1v) is 10.6. The number of nitrogens with one attached hydrogen (secondary N) is 2. The Morgan fingerprint density at radius 2 is 2.00 bits per heavy atom. The van der Waals surface area contributed by atoms with Crippen LogP contribution < -0.4 is 10.9 Å². The Morgan fingerprint density at radius 3 is 2.84 bits per heavy atom. The van der Waals surface area contributed by atoms with Gasteiger partial charge in [-0.3, -0.25) is 9.59 Å². The third-order valence-electron chi connectivity index (χ3n) is 5.80. The van der Waals surface area contributed by atoms with Gasteiger partial charge in [0.1, 0.15) is 11.4 Å². The molecule has 31 heavy (non-hydrogen) atoms. The molecule has 1 aliphatic carbocycles. The number of aryl methyl sites for hydroxylation is 3. The Kier molecular flexibility index (Phi) is 4.90. The Bertz CT molecular complexity index is 1350. The summed E-state index contributed by atoms with van der Waals surface area (Å²) in [5, 5.41) is 3.97. The van der Waals surface area contributed by atoms with Crippen LogP contribution in [0, 0.1) is 0 Å². The monoisotopic (exact) mass is 413 g/mol. The minimum absolute atomic E-state index is 0.121. The van der Waals surface area contributed by atoms with Crippen molar-refractivity contribution < 1.29 is 9.21 Å². The van der Waals surface area contributed by atoms with E-state index in [9.17, 15) is 9.59 Å². The molecule has 4 aromatic rings. The Hall–Kier alpha value is -3.67. The molecule has 0 bridgehead atoms. The fourth-order valence-corrected chi connectivity index (χ4v) is 4.23. The van der Waals surface area contributed by atoms with E-state index in [0.29, 0.717) is 17.9 Å². The lowest BCUT2D eigenvalue weighted by molar-refractivity contribution is -0.115. The summed E-state index contributed by atoms with van der Waals surface area (Å²) >= 11 is 0. The van der Waals surface area contributed by atoms with Crippen molar-refractivity contribution in [3.8, 4) is 11.4 Å². The van der Waals surface area contributed by atoms with Crippen molar-refractivity contribution in [2.75, 3.05) is 5.32 Å².